The van der Waals surface area contributed by atoms with E-state index in [4.69, 9.17) is 0 Å². The fourth-order valence-corrected chi connectivity index (χ4v) is 10.1. The first-order valence-corrected chi connectivity index (χ1v) is 20.7. The Morgan fingerprint density at radius 1 is 0.254 bits per heavy atom. The van der Waals surface area contributed by atoms with Gasteiger partial charge in [0.15, 0.2) is 0 Å². The Hall–Kier alpha value is -7.28. The molecule has 0 bridgehead atoms. The molecule has 2 aliphatic rings. The van der Waals surface area contributed by atoms with E-state index in [9.17, 15) is 0 Å². The minimum Gasteiger partial charge on any atom is -0.0616 e. The molecule has 0 atom stereocenters. The van der Waals surface area contributed by atoms with Crippen molar-refractivity contribution >= 4 is 21.5 Å². The summed E-state index contributed by atoms with van der Waals surface area (Å²) in [6.45, 7) is 4.76. The van der Waals surface area contributed by atoms with Crippen LogP contribution in [0.2, 0.25) is 0 Å². The topological polar surface area (TPSA) is 0 Å². The molecular weight excluding hydrogens is 709 g/mol. The average molecular weight is 749 g/mol. The van der Waals surface area contributed by atoms with E-state index in [2.05, 4.69) is 220 Å². The molecule has 0 saturated heterocycles. The lowest BCUT2D eigenvalue weighted by atomic mass is 9.80. The van der Waals surface area contributed by atoms with Crippen molar-refractivity contribution in [3.63, 3.8) is 0 Å². The van der Waals surface area contributed by atoms with E-state index in [1.54, 1.807) is 0 Å². The van der Waals surface area contributed by atoms with Gasteiger partial charge in [0.1, 0.15) is 0 Å². The van der Waals surface area contributed by atoms with Gasteiger partial charge in [-0.25, -0.2) is 0 Å². The van der Waals surface area contributed by atoms with Gasteiger partial charge < -0.3 is 0 Å². The standard InChI is InChI=1S/C59H40/c1-59(2)56-35-46(41-20-16-39(17-21-41)38-14-18-40(19-15-38)45-27-24-37-8-3-4-9-44(37)34-45)28-30-51(56)52-31-29-47(36-57(52)59)42-22-25-43(26-23-42)48-32-33-55-50-11-6-5-10-49(50)54-13-7-12-53(48)58(54)55/h3-36H,1-2H3. The Morgan fingerprint density at radius 2 is 0.644 bits per heavy atom. The summed E-state index contributed by atoms with van der Waals surface area (Å²) in [7, 11) is 0. The Morgan fingerprint density at radius 3 is 1.22 bits per heavy atom. The molecule has 0 heteroatoms. The zero-order chi connectivity index (χ0) is 39.2. The van der Waals surface area contributed by atoms with E-state index in [0.717, 1.165) is 0 Å². The third-order valence-electron chi connectivity index (χ3n) is 13.3. The van der Waals surface area contributed by atoms with Crippen LogP contribution in [0.5, 0.6) is 0 Å². The number of rotatable bonds is 5. The van der Waals surface area contributed by atoms with E-state index in [1.165, 1.54) is 122 Å². The van der Waals surface area contributed by atoms with Crippen LogP contribution in [0.3, 0.4) is 0 Å². The fourth-order valence-electron chi connectivity index (χ4n) is 10.1. The van der Waals surface area contributed by atoms with Gasteiger partial charge in [0.05, 0.1) is 0 Å². The third-order valence-corrected chi connectivity index (χ3v) is 13.3. The van der Waals surface area contributed by atoms with Crippen LogP contribution in [0, 0.1) is 0 Å². The molecule has 0 spiro atoms. The van der Waals surface area contributed by atoms with Gasteiger partial charge in [-0.05, 0) is 140 Å². The van der Waals surface area contributed by atoms with Crippen LogP contribution in [-0.4, -0.2) is 0 Å². The number of benzene rings is 10. The van der Waals surface area contributed by atoms with Crippen molar-refractivity contribution in [2.75, 3.05) is 0 Å². The third kappa shape index (κ3) is 5.30. The van der Waals surface area contributed by atoms with E-state index in [-0.39, 0.29) is 5.41 Å². The molecule has 0 fully saturated rings. The van der Waals surface area contributed by atoms with Gasteiger partial charge in [-0.15, -0.1) is 0 Å². The van der Waals surface area contributed by atoms with Gasteiger partial charge in [0.25, 0.3) is 0 Å². The summed E-state index contributed by atoms with van der Waals surface area (Å²) in [6.07, 6.45) is 0. The summed E-state index contributed by atoms with van der Waals surface area (Å²) < 4.78 is 0. The average Bonchev–Trinajstić information content (AvgIpc) is 3.74. The lowest BCUT2D eigenvalue weighted by molar-refractivity contribution is 0.661. The molecule has 0 nitrogen and oxygen atoms in total. The van der Waals surface area contributed by atoms with Crippen molar-refractivity contribution < 1.29 is 0 Å². The van der Waals surface area contributed by atoms with Crippen LogP contribution in [0.25, 0.3) is 111 Å². The molecule has 0 aromatic heterocycles. The molecule has 10 aromatic rings. The molecule has 0 radical (unpaired) electrons. The van der Waals surface area contributed by atoms with Crippen molar-refractivity contribution in [2.45, 2.75) is 19.3 Å². The highest BCUT2D eigenvalue weighted by Crippen LogP contribution is 2.52. The molecule has 12 rings (SSSR count). The Labute approximate surface area is 345 Å². The molecule has 0 N–H and O–H groups in total. The Balaban J connectivity index is 0.800. The highest BCUT2D eigenvalue weighted by atomic mass is 14.4. The van der Waals surface area contributed by atoms with Crippen LogP contribution in [0.4, 0.5) is 0 Å². The summed E-state index contributed by atoms with van der Waals surface area (Å²) in [5.74, 6) is 0. The minimum atomic E-state index is -0.119. The highest BCUT2D eigenvalue weighted by molar-refractivity contribution is 6.18. The van der Waals surface area contributed by atoms with Gasteiger partial charge >= 0.3 is 0 Å². The summed E-state index contributed by atoms with van der Waals surface area (Å²) in [6, 6.07) is 76.8. The fraction of sp³-hybridized carbons (Fsp3) is 0.0508. The van der Waals surface area contributed by atoms with Crippen LogP contribution < -0.4 is 0 Å². The van der Waals surface area contributed by atoms with Crippen molar-refractivity contribution in [1.29, 1.82) is 0 Å². The van der Waals surface area contributed by atoms with Crippen molar-refractivity contribution in [2.24, 2.45) is 0 Å². The van der Waals surface area contributed by atoms with Crippen molar-refractivity contribution in [3.8, 4) is 89.0 Å². The molecule has 0 aliphatic heterocycles. The van der Waals surface area contributed by atoms with Crippen LogP contribution in [-0.2, 0) is 5.41 Å². The molecule has 0 unspecified atom stereocenters. The van der Waals surface area contributed by atoms with Gasteiger partial charge in [0, 0.05) is 5.41 Å². The predicted molar refractivity (Wildman–Crippen MR) is 251 cm³/mol. The maximum absolute atomic E-state index is 2.43. The molecule has 10 aromatic carbocycles. The number of hydrogen-bond acceptors (Lipinski definition) is 0. The van der Waals surface area contributed by atoms with Crippen LogP contribution in [0.15, 0.2) is 206 Å². The maximum atomic E-state index is 2.43. The number of fused-ring (bicyclic) bond motifs is 7. The maximum Gasteiger partial charge on any atom is 0.0159 e. The van der Waals surface area contributed by atoms with Crippen molar-refractivity contribution in [3.05, 3.63) is 217 Å². The smallest absolute Gasteiger partial charge is 0.0159 e. The van der Waals surface area contributed by atoms with E-state index in [1.807, 2.05) is 0 Å². The lowest BCUT2D eigenvalue weighted by Gasteiger charge is -2.22. The van der Waals surface area contributed by atoms with E-state index in [0.29, 0.717) is 0 Å². The quantitative estimate of drug-likeness (QED) is 0.164. The van der Waals surface area contributed by atoms with E-state index < -0.39 is 0 Å². The van der Waals surface area contributed by atoms with E-state index >= 15 is 0 Å². The second kappa shape index (κ2) is 12.9. The summed E-state index contributed by atoms with van der Waals surface area (Å²) in [5, 5.41) is 5.23. The van der Waals surface area contributed by atoms with Crippen molar-refractivity contribution in [1.82, 2.24) is 0 Å². The largest absolute Gasteiger partial charge is 0.0616 e. The molecular formula is C59H40. The van der Waals surface area contributed by atoms with Crippen LogP contribution in [0.1, 0.15) is 25.0 Å². The molecule has 0 amide bonds. The Bertz CT molecular complexity index is 3280. The lowest BCUT2D eigenvalue weighted by Crippen LogP contribution is -2.15. The second-order valence-electron chi connectivity index (χ2n) is 16.9. The molecule has 59 heavy (non-hydrogen) atoms. The van der Waals surface area contributed by atoms with Crippen LogP contribution >= 0.6 is 0 Å². The summed E-state index contributed by atoms with van der Waals surface area (Å²) >= 11 is 0. The second-order valence-corrected chi connectivity index (χ2v) is 16.9. The summed E-state index contributed by atoms with van der Waals surface area (Å²) in [4.78, 5) is 0. The van der Waals surface area contributed by atoms with Gasteiger partial charge in [0.2, 0.25) is 0 Å². The van der Waals surface area contributed by atoms with Gasteiger partial charge in [-0.1, -0.05) is 202 Å². The SMILES string of the molecule is CC1(C)c2cc(-c3ccc(-c4ccc(-c5ccc6ccccc6c5)cc4)cc3)ccc2-c2ccc(-c3ccc(-c4ccc5c6c(cccc46)-c4ccccc4-5)cc3)cc21. The molecule has 2 aliphatic carbocycles. The molecule has 276 valence electrons. The Kier molecular flexibility index (Phi) is 7.38. The monoisotopic (exact) mass is 748 g/mol. The molecule has 0 heterocycles. The zero-order valence-electron chi connectivity index (χ0n) is 33.1. The zero-order valence-corrected chi connectivity index (χ0v) is 33.1. The van der Waals surface area contributed by atoms with Gasteiger partial charge in [-0.2, -0.15) is 0 Å². The molecule has 0 saturated carbocycles. The minimum absolute atomic E-state index is 0.119. The highest BCUT2D eigenvalue weighted by Gasteiger charge is 2.36. The predicted octanol–water partition coefficient (Wildman–Crippen LogP) is 16.3. The normalized spacial score (nSPS) is 13.1. The first-order valence-electron chi connectivity index (χ1n) is 20.7. The summed E-state index contributed by atoms with van der Waals surface area (Å²) in [5.41, 5.74) is 23.2. The number of hydrogen-bond donors (Lipinski definition) is 0. The first kappa shape index (κ1) is 33.8. The van der Waals surface area contributed by atoms with Gasteiger partial charge in [-0.3, -0.25) is 0 Å². The first-order chi connectivity index (χ1) is 29.0.